The summed E-state index contributed by atoms with van der Waals surface area (Å²) in [6.07, 6.45) is 2.83. The van der Waals surface area contributed by atoms with Crippen LogP contribution < -0.4 is 0 Å². The number of carbonyl (C=O) groups is 3. The molecule has 0 unspecified atom stereocenters. The van der Waals surface area contributed by atoms with Crippen LogP contribution in [0.2, 0.25) is 0 Å². The van der Waals surface area contributed by atoms with Crippen LogP contribution >= 0.6 is 0 Å². The molecule has 0 bridgehead atoms. The van der Waals surface area contributed by atoms with Gasteiger partial charge in [0.2, 0.25) is 5.79 Å². The maximum atomic E-state index is 13.8. The molecule has 8 aliphatic rings. The first-order valence-electron chi connectivity index (χ1n) is 22.3. The normalized spacial score (nSPS) is 47.1. The van der Waals surface area contributed by atoms with E-state index in [0.717, 1.165) is 32.1 Å². The van der Waals surface area contributed by atoms with Gasteiger partial charge in [-0.15, -0.1) is 0 Å². The highest BCUT2D eigenvalue weighted by atomic mass is 16.8. The van der Waals surface area contributed by atoms with E-state index in [1.165, 1.54) is 25.0 Å². The molecule has 0 N–H and O–H groups in total. The summed E-state index contributed by atoms with van der Waals surface area (Å²) in [6, 6.07) is 0. The minimum absolute atomic E-state index is 0.0544. The number of esters is 3. The SMILES string of the molecule is CO[C@@H]1C[C@H](O[C@H]2CC[C@@]3(C)C(=CC[C@H]4C(=O)O[C@@H]5CO[C@]6(C)OC=C(CC[C@@H]43)[C@H]56)C2)O[C@H](C)[C@H]1O[C@H]1C[C@H](OC(C)=O)[C@H](O[C@H]2C[C@@H](OC)[C@@H](OC(C)=O)[C@H](C)O2)[C@@H](C)O1. The van der Waals surface area contributed by atoms with Crippen LogP contribution in [0.3, 0.4) is 0 Å². The monoisotopic (exact) mass is 862 g/mol. The predicted molar refractivity (Wildman–Crippen MR) is 212 cm³/mol. The summed E-state index contributed by atoms with van der Waals surface area (Å²) in [6.45, 7) is 12.9. The number of methoxy groups -OCH3 is 2. The van der Waals surface area contributed by atoms with Crippen molar-refractivity contribution in [1.82, 2.24) is 0 Å². The zero-order valence-electron chi connectivity index (χ0n) is 37.1. The Bertz CT molecular complexity index is 1680. The summed E-state index contributed by atoms with van der Waals surface area (Å²) in [5.74, 6) is -1.88. The third kappa shape index (κ3) is 9.04. The van der Waals surface area contributed by atoms with Crippen molar-refractivity contribution in [2.45, 2.75) is 198 Å². The minimum Gasteiger partial charge on any atom is -0.469 e. The van der Waals surface area contributed by atoms with Gasteiger partial charge in [0.15, 0.2) is 25.0 Å². The molecule has 6 heterocycles. The number of hydrogen-bond acceptors (Lipinski definition) is 16. The van der Waals surface area contributed by atoms with Crippen LogP contribution in [0.5, 0.6) is 0 Å². The van der Waals surface area contributed by atoms with Crippen molar-refractivity contribution in [3.63, 3.8) is 0 Å². The van der Waals surface area contributed by atoms with Gasteiger partial charge in [-0.3, -0.25) is 14.4 Å². The molecule has 0 aromatic carbocycles. The van der Waals surface area contributed by atoms with Crippen LogP contribution in [0, 0.1) is 23.2 Å². The maximum absolute atomic E-state index is 13.8. The van der Waals surface area contributed by atoms with Crippen LogP contribution in [0.1, 0.15) is 106 Å². The van der Waals surface area contributed by atoms with E-state index in [9.17, 15) is 14.4 Å². The predicted octanol–water partition coefficient (Wildman–Crippen LogP) is 5.18. The van der Waals surface area contributed by atoms with Gasteiger partial charge in [0.05, 0.1) is 55.2 Å². The zero-order valence-corrected chi connectivity index (χ0v) is 37.1. The third-order valence-corrected chi connectivity index (χ3v) is 14.8. The summed E-state index contributed by atoms with van der Waals surface area (Å²) in [5, 5.41) is 0. The molecular formula is C45H66O16. The zero-order chi connectivity index (χ0) is 43.4. The van der Waals surface area contributed by atoms with E-state index >= 15 is 0 Å². The molecule has 0 spiro atoms. The smallest absolute Gasteiger partial charge is 0.309 e. The third-order valence-electron chi connectivity index (χ3n) is 14.8. The molecule has 0 amide bonds. The van der Waals surface area contributed by atoms with E-state index in [1.807, 2.05) is 27.0 Å². The van der Waals surface area contributed by atoms with E-state index in [2.05, 4.69) is 13.0 Å². The van der Waals surface area contributed by atoms with Crippen molar-refractivity contribution >= 4 is 17.9 Å². The number of allylic oxidation sites excluding steroid dienone is 1. The number of hydrogen-bond donors (Lipinski definition) is 0. The second kappa shape index (κ2) is 18.1. The van der Waals surface area contributed by atoms with Crippen LogP contribution in [0.15, 0.2) is 23.5 Å². The van der Waals surface area contributed by atoms with Crippen molar-refractivity contribution in [2.75, 3.05) is 20.8 Å². The molecule has 16 nitrogen and oxygen atoms in total. The van der Waals surface area contributed by atoms with Crippen LogP contribution in [0.25, 0.3) is 0 Å². The van der Waals surface area contributed by atoms with E-state index in [4.69, 9.17) is 61.6 Å². The van der Waals surface area contributed by atoms with Crippen LogP contribution in [-0.2, 0) is 76.0 Å². The topological polar surface area (TPSA) is 171 Å². The van der Waals surface area contributed by atoms with E-state index in [1.54, 1.807) is 21.1 Å². The van der Waals surface area contributed by atoms with Crippen molar-refractivity contribution in [2.24, 2.45) is 23.2 Å². The second-order valence-electron chi connectivity index (χ2n) is 18.7. The van der Waals surface area contributed by atoms with Gasteiger partial charge < -0.3 is 61.6 Å². The van der Waals surface area contributed by atoms with E-state index < -0.39 is 85.4 Å². The molecule has 8 rings (SSSR count). The molecule has 0 radical (unpaired) electrons. The first-order chi connectivity index (χ1) is 29.1. The Labute approximate surface area is 358 Å². The van der Waals surface area contributed by atoms with Gasteiger partial charge >= 0.3 is 17.9 Å². The fourth-order valence-corrected chi connectivity index (χ4v) is 11.7. The van der Waals surface area contributed by atoms with Gasteiger partial charge in [0.1, 0.15) is 30.5 Å². The molecule has 61 heavy (non-hydrogen) atoms. The lowest BCUT2D eigenvalue weighted by Gasteiger charge is -2.51. The highest BCUT2D eigenvalue weighted by Crippen LogP contribution is 2.57. The largest absolute Gasteiger partial charge is 0.469 e. The fourth-order valence-electron chi connectivity index (χ4n) is 11.7. The van der Waals surface area contributed by atoms with E-state index in [0.29, 0.717) is 25.9 Å². The molecule has 6 aliphatic heterocycles. The Kier molecular flexibility index (Phi) is 13.3. The molecule has 1 saturated carbocycles. The highest BCUT2D eigenvalue weighted by Gasteiger charge is 2.58. The van der Waals surface area contributed by atoms with E-state index in [-0.39, 0.29) is 53.9 Å². The number of ether oxygens (including phenoxy) is 13. The lowest BCUT2D eigenvalue weighted by Crippen LogP contribution is -2.57. The molecule has 16 heteroatoms. The summed E-state index contributed by atoms with van der Waals surface area (Å²) >= 11 is 0. The molecule has 5 saturated heterocycles. The minimum atomic E-state index is -0.763. The van der Waals surface area contributed by atoms with Gasteiger partial charge in [-0.2, -0.15) is 0 Å². The van der Waals surface area contributed by atoms with Gasteiger partial charge in [-0.25, -0.2) is 0 Å². The lowest BCUT2D eigenvalue weighted by atomic mass is 9.55. The number of carbonyl (C=O) groups excluding carboxylic acids is 3. The quantitative estimate of drug-likeness (QED) is 0.160. The fraction of sp³-hybridized carbons (Fsp3) is 0.844. The first-order valence-corrected chi connectivity index (χ1v) is 22.3. The van der Waals surface area contributed by atoms with Crippen molar-refractivity contribution < 1.29 is 76.0 Å². The van der Waals surface area contributed by atoms with Crippen LogP contribution in [0.4, 0.5) is 0 Å². The van der Waals surface area contributed by atoms with Crippen molar-refractivity contribution in [1.29, 1.82) is 0 Å². The molecule has 0 aromatic heterocycles. The maximum Gasteiger partial charge on any atom is 0.309 e. The Hall–Kier alpha value is -2.67. The van der Waals surface area contributed by atoms with Crippen molar-refractivity contribution in [3.8, 4) is 0 Å². The first kappa shape index (κ1) is 44.9. The summed E-state index contributed by atoms with van der Waals surface area (Å²) in [7, 11) is 3.21. The Morgan fingerprint density at radius 2 is 1.36 bits per heavy atom. The van der Waals surface area contributed by atoms with Gasteiger partial charge in [-0.05, 0) is 76.2 Å². The molecule has 19 atom stereocenters. The molecule has 342 valence electrons. The Balaban J connectivity index is 0.866. The average molecular weight is 863 g/mol. The Morgan fingerprint density at radius 3 is 2.00 bits per heavy atom. The van der Waals surface area contributed by atoms with Gasteiger partial charge in [0.25, 0.3) is 0 Å². The van der Waals surface area contributed by atoms with Gasteiger partial charge in [0, 0.05) is 54.3 Å². The van der Waals surface area contributed by atoms with Gasteiger partial charge in [-0.1, -0.05) is 18.6 Å². The molecule has 0 aromatic rings. The second-order valence-corrected chi connectivity index (χ2v) is 18.7. The average Bonchev–Trinajstić information content (AvgIpc) is 3.72. The van der Waals surface area contributed by atoms with Crippen molar-refractivity contribution in [3.05, 3.63) is 23.5 Å². The highest BCUT2D eigenvalue weighted by molar-refractivity contribution is 5.74. The molecular weight excluding hydrogens is 796 g/mol. The molecule has 2 aliphatic carbocycles. The molecule has 6 fully saturated rings. The standard InChI is InChI=1S/C45H66O16/c1-22-40(57-26(5)47)32(49-8)18-37(54-22)61-42-24(3)55-38(19-34(42)56-25(4)46)60-41-23(2)53-36(17-33(41)50-9)58-29-14-15-44(6)28(16-29)11-12-30-31(44)13-10-27-20-51-45(7)39(27)35(21-52-45)59-43(30)48/h11,20,22-24,29-42H,10,12-19,21H2,1-9H3/t22-,23+,24+,29-,30+,31-,32+,33+,34-,35+,36-,37-,38-,39+,40-,41+,42+,44-,45-/m0/s1. The Morgan fingerprint density at radius 1 is 0.770 bits per heavy atom. The summed E-state index contributed by atoms with van der Waals surface area (Å²) < 4.78 is 79.7. The summed E-state index contributed by atoms with van der Waals surface area (Å²) in [5.41, 5.74) is 2.38. The number of rotatable bonds is 10. The van der Waals surface area contributed by atoms with Crippen LogP contribution in [-0.4, -0.2) is 131 Å². The number of fused-ring (bicyclic) bond motifs is 3. The summed E-state index contributed by atoms with van der Waals surface area (Å²) in [4.78, 5) is 37.8. The lowest BCUT2D eigenvalue weighted by molar-refractivity contribution is -0.337.